The summed E-state index contributed by atoms with van der Waals surface area (Å²) in [6, 6.07) is 0. The van der Waals surface area contributed by atoms with Gasteiger partial charge in [0, 0.05) is 25.1 Å². The Labute approximate surface area is 201 Å². The Hall–Kier alpha value is -3.12. The molecule has 0 radical (unpaired) electrons. The predicted molar refractivity (Wildman–Crippen MR) is 133 cm³/mol. The Bertz CT molecular complexity index is 1170. The summed E-state index contributed by atoms with van der Waals surface area (Å²) in [6.45, 7) is 2.50. The van der Waals surface area contributed by atoms with E-state index in [2.05, 4.69) is 10.3 Å². The Kier molecular flexibility index (Phi) is 8.51. The first-order valence-corrected chi connectivity index (χ1v) is 12.2. The molecule has 0 fully saturated rings. The molecule has 0 saturated heterocycles. The van der Waals surface area contributed by atoms with Crippen LogP contribution in [0.2, 0.25) is 0 Å². The zero-order valence-corrected chi connectivity index (χ0v) is 20.4. The van der Waals surface area contributed by atoms with Crippen molar-refractivity contribution < 1.29 is 14.3 Å². The minimum absolute atomic E-state index is 0.00415. The quantitative estimate of drug-likeness (QED) is 0.364. The third-order valence-corrected chi connectivity index (χ3v) is 7.04. The minimum Gasteiger partial charge on any atom is -0.383 e. The number of thiophene rings is 1. The van der Waals surface area contributed by atoms with Crippen LogP contribution in [0.3, 0.4) is 0 Å². The molecular weight excluding hydrogens is 460 g/mol. The lowest BCUT2D eigenvalue weighted by atomic mass is 9.95. The van der Waals surface area contributed by atoms with Crippen LogP contribution in [-0.4, -0.2) is 48.2 Å². The van der Waals surface area contributed by atoms with E-state index in [9.17, 15) is 19.2 Å². The van der Waals surface area contributed by atoms with Crippen molar-refractivity contribution in [2.75, 3.05) is 42.8 Å². The molecule has 34 heavy (non-hydrogen) atoms. The molecule has 2 heterocycles. The summed E-state index contributed by atoms with van der Waals surface area (Å²) in [5.41, 5.74) is 11.9. The van der Waals surface area contributed by atoms with Crippen molar-refractivity contribution >= 4 is 39.7 Å². The maximum atomic E-state index is 13.0. The molecule has 11 nitrogen and oxygen atoms in total. The number of nitrogens with one attached hydrogen (secondary N) is 2. The number of methoxy groups -OCH3 is 1. The summed E-state index contributed by atoms with van der Waals surface area (Å²) in [5.74, 6) is -1.02. The molecule has 2 amide bonds. The number of aromatic nitrogens is 2. The maximum absolute atomic E-state index is 13.0. The van der Waals surface area contributed by atoms with Crippen LogP contribution < -0.4 is 32.9 Å². The fourth-order valence-electron chi connectivity index (χ4n) is 4.15. The Morgan fingerprint density at radius 3 is 2.68 bits per heavy atom. The predicted octanol–water partition coefficient (Wildman–Crippen LogP) is 1.05. The highest BCUT2D eigenvalue weighted by molar-refractivity contribution is 7.17. The van der Waals surface area contributed by atoms with Crippen LogP contribution in [0.1, 0.15) is 53.4 Å². The number of nitrogen functional groups attached to an aromatic ring is 1. The second-order valence-electron chi connectivity index (χ2n) is 8.24. The van der Waals surface area contributed by atoms with E-state index in [0.29, 0.717) is 23.5 Å². The van der Waals surface area contributed by atoms with Gasteiger partial charge in [0.15, 0.2) is 0 Å². The van der Waals surface area contributed by atoms with Crippen LogP contribution in [0.5, 0.6) is 0 Å². The average Bonchev–Trinajstić information content (AvgIpc) is 3.14. The van der Waals surface area contributed by atoms with Crippen molar-refractivity contribution in [1.82, 2.24) is 9.55 Å². The number of aromatic amines is 1. The number of ether oxygens (including phenoxy) is 1. The number of fused-ring (bicyclic) bond motifs is 1. The summed E-state index contributed by atoms with van der Waals surface area (Å²) < 4.78 is 6.45. The molecule has 6 N–H and O–H groups in total. The van der Waals surface area contributed by atoms with E-state index in [0.717, 1.165) is 42.5 Å². The van der Waals surface area contributed by atoms with Crippen molar-refractivity contribution in [3.05, 3.63) is 36.8 Å². The molecule has 0 unspecified atom stereocenters. The first-order valence-electron chi connectivity index (χ1n) is 11.4. The smallest absolute Gasteiger partial charge is 0.330 e. The number of nitrogens with zero attached hydrogens (tertiary/aromatic N) is 2. The number of hydrogen-bond donors (Lipinski definition) is 4. The molecule has 12 heteroatoms. The number of carbonyl (C=O) groups is 2. The highest BCUT2D eigenvalue weighted by atomic mass is 32.1. The SMILES string of the molecule is CCCCn1c(N)c(N(CCOC)CC(=O)Nc2sc3c(c2C(N)=O)CCCC3)c(=O)[nH]c1=O. The van der Waals surface area contributed by atoms with Gasteiger partial charge in [0.05, 0.1) is 18.7 Å². The number of anilines is 3. The number of hydrogen-bond acceptors (Lipinski definition) is 8. The van der Waals surface area contributed by atoms with Crippen LogP contribution >= 0.6 is 11.3 Å². The zero-order chi connectivity index (χ0) is 24.8. The van der Waals surface area contributed by atoms with Gasteiger partial charge in [0.2, 0.25) is 5.91 Å². The molecule has 186 valence electrons. The lowest BCUT2D eigenvalue weighted by Gasteiger charge is -2.25. The van der Waals surface area contributed by atoms with E-state index in [1.807, 2.05) is 6.92 Å². The molecule has 0 atom stereocenters. The van der Waals surface area contributed by atoms with E-state index in [4.69, 9.17) is 16.2 Å². The number of aryl methyl sites for hydroxylation is 1. The second-order valence-corrected chi connectivity index (χ2v) is 9.35. The van der Waals surface area contributed by atoms with Crippen molar-refractivity contribution in [2.24, 2.45) is 5.73 Å². The van der Waals surface area contributed by atoms with Crippen molar-refractivity contribution in [2.45, 2.75) is 52.0 Å². The molecule has 1 aliphatic rings. The third-order valence-electron chi connectivity index (χ3n) is 5.84. The van der Waals surface area contributed by atoms with Gasteiger partial charge in [-0.1, -0.05) is 13.3 Å². The van der Waals surface area contributed by atoms with E-state index >= 15 is 0 Å². The van der Waals surface area contributed by atoms with Crippen molar-refractivity contribution in [3.63, 3.8) is 0 Å². The summed E-state index contributed by atoms with van der Waals surface area (Å²) in [4.78, 5) is 55.0. The standard InChI is InChI=1S/C22H32N6O5S/c1-3-4-9-28-18(23)17(20(31)26-22(28)32)27(10-11-33-2)12-15(29)25-21-16(19(24)30)13-7-5-6-8-14(13)34-21/h3-12,23H2,1-2H3,(H2,24,30)(H,25,29)(H,26,31,32). The Morgan fingerprint density at radius 1 is 1.26 bits per heavy atom. The van der Waals surface area contributed by atoms with Gasteiger partial charge < -0.3 is 26.4 Å². The van der Waals surface area contributed by atoms with Crippen LogP contribution in [-0.2, 0) is 28.9 Å². The van der Waals surface area contributed by atoms with E-state index in [1.165, 1.54) is 27.9 Å². The third kappa shape index (κ3) is 5.50. The highest BCUT2D eigenvalue weighted by Crippen LogP contribution is 2.37. The number of nitrogens with two attached hydrogens (primary N) is 2. The lowest BCUT2D eigenvalue weighted by molar-refractivity contribution is -0.115. The number of H-pyrrole nitrogens is 1. The normalized spacial score (nSPS) is 12.9. The van der Waals surface area contributed by atoms with Gasteiger partial charge in [0.25, 0.3) is 11.5 Å². The molecule has 2 aromatic rings. The topological polar surface area (TPSA) is 166 Å². The first-order chi connectivity index (χ1) is 16.3. The average molecular weight is 493 g/mol. The lowest BCUT2D eigenvalue weighted by Crippen LogP contribution is -2.42. The summed E-state index contributed by atoms with van der Waals surface area (Å²) in [5, 5.41) is 3.22. The van der Waals surface area contributed by atoms with Crippen molar-refractivity contribution in [1.29, 1.82) is 0 Å². The van der Waals surface area contributed by atoms with Gasteiger partial charge in [-0.15, -0.1) is 11.3 Å². The van der Waals surface area contributed by atoms with Gasteiger partial charge in [-0.3, -0.25) is 23.9 Å². The van der Waals surface area contributed by atoms with Gasteiger partial charge in [0.1, 0.15) is 16.5 Å². The van der Waals surface area contributed by atoms with Gasteiger partial charge in [-0.25, -0.2) is 4.79 Å². The number of primary amides is 1. The Morgan fingerprint density at radius 2 is 2.00 bits per heavy atom. The fourth-order valence-corrected chi connectivity index (χ4v) is 5.46. The monoisotopic (exact) mass is 492 g/mol. The number of unbranched alkanes of at least 4 members (excludes halogenated alkanes) is 1. The van der Waals surface area contributed by atoms with Gasteiger partial charge in [-0.05, 0) is 37.7 Å². The van der Waals surface area contributed by atoms with E-state index in [-0.39, 0.29) is 31.2 Å². The van der Waals surface area contributed by atoms with Gasteiger partial charge in [-0.2, -0.15) is 0 Å². The molecule has 0 bridgehead atoms. The number of rotatable bonds is 11. The van der Waals surface area contributed by atoms with Crippen LogP contribution in [0.15, 0.2) is 9.59 Å². The highest BCUT2D eigenvalue weighted by Gasteiger charge is 2.26. The molecule has 1 aliphatic carbocycles. The molecular formula is C22H32N6O5S. The zero-order valence-electron chi connectivity index (χ0n) is 19.6. The summed E-state index contributed by atoms with van der Waals surface area (Å²) >= 11 is 1.37. The van der Waals surface area contributed by atoms with Crippen LogP contribution in [0, 0.1) is 0 Å². The van der Waals surface area contributed by atoms with Crippen molar-refractivity contribution in [3.8, 4) is 0 Å². The van der Waals surface area contributed by atoms with E-state index < -0.39 is 23.1 Å². The molecule has 0 aliphatic heterocycles. The first kappa shape index (κ1) is 25.5. The van der Waals surface area contributed by atoms with Crippen LogP contribution in [0.4, 0.5) is 16.5 Å². The Balaban J connectivity index is 1.90. The number of carbonyl (C=O) groups excluding carboxylic acids is 2. The van der Waals surface area contributed by atoms with Crippen LogP contribution in [0.25, 0.3) is 0 Å². The number of amides is 2. The molecule has 3 rings (SSSR count). The van der Waals surface area contributed by atoms with E-state index in [1.54, 1.807) is 0 Å². The molecule has 0 saturated carbocycles. The fraction of sp³-hybridized carbons (Fsp3) is 0.545. The second kappa shape index (κ2) is 11.3. The largest absolute Gasteiger partial charge is 0.383 e. The molecule has 2 aromatic heterocycles. The summed E-state index contributed by atoms with van der Waals surface area (Å²) in [6.07, 6.45) is 5.14. The maximum Gasteiger partial charge on any atom is 0.330 e. The molecule has 0 spiro atoms. The van der Waals surface area contributed by atoms with Gasteiger partial charge >= 0.3 is 5.69 Å². The summed E-state index contributed by atoms with van der Waals surface area (Å²) in [7, 11) is 1.50. The molecule has 0 aromatic carbocycles. The minimum atomic E-state index is -0.677.